The van der Waals surface area contributed by atoms with Gasteiger partial charge in [-0.15, -0.1) is 0 Å². The van der Waals surface area contributed by atoms with Crippen LogP contribution >= 0.6 is 0 Å². The Kier molecular flexibility index (Phi) is 6.00. The summed E-state index contributed by atoms with van der Waals surface area (Å²) < 4.78 is 9.05. The van der Waals surface area contributed by atoms with Crippen LogP contribution in [0.15, 0.2) is 0 Å². The smallest absolute Gasteiger partial charge is 0.407 e. The zero-order valence-corrected chi connectivity index (χ0v) is 7.20. The third-order valence-electron chi connectivity index (χ3n) is 1.29. The normalized spacial score (nSPS) is 11.8. The van der Waals surface area contributed by atoms with E-state index in [1.807, 2.05) is 0 Å². The van der Waals surface area contributed by atoms with E-state index in [0.29, 0.717) is 19.3 Å². The lowest BCUT2D eigenvalue weighted by atomic mass is 10.2. The number of carbonyl (C=O) groups excluding carboxylic acids is 2. The number of nitrogens with one attached hydrogen (secondary N) is 1. The number of rotatable bonds is 5. The molecule has 0 spiro atoms. The van der Waals surface area contributed by atoms with Gasteiger partial charge in [0.05, 0.1) is 13.2 Å². The molecule has 1 atom stereocenters. The van der Waals surface area contributed by atoms with E-state index < -0.39 is 12.1 Å². The largest absolute Gasteiger partial charge is 0.453 e. The van der Waals surface area contributed by atoms with Crippen molar-refractivity contribution in [2.45, 2.75) is 12.5 Å². The molecule has 1 N–H and O–H groups in total. The van der Waals surface area contributed by atoms with Gasteiger partial charge in [0.15, 0.2) is 0 Å². The molecule has 12 heavy (non-hydrogen) atoms. The van der Waals surface area contributed by atoms with Crippen LogP contribution in [-0.2, 0) is 14.3 Å². The van der Waals surface area contributed by atoms with Gasteiger partial charge in [-0.1, -0.05) is 0 Å². The average Bonchev–Trinajstić information content (AvgIpc) is 2.11. The minimum atomic E-state index is -0.608. The second kappa shape index (κ2) is 6.60. The molecule has 0 heterocycles. The maximum atomic E-state index is 10.6. The lowest BCUT2D eigenvalue weighted by Gasteiger charge is -2.10. The second-order valence-electron chi connectivity index (χ2n) is 2.16. The Labute approximate surface area is 71.0 Å². The SMILES string of the molecule is COCC[C@@H](C=O)NC(=O)OC. The first kappa shape index (κ1) is 10.9. The fourth-order valence-electron chi connectivity index (χ4n) is 0.629. The Balaban J connectivity index is 3.66. The van der Waals surface area contributed by atoms with Gasteiger partial charge in [0.2, 0.25) is 0 Å². The molecule has 0 aliphatic rings. The predicted molar refractivity (Wildman–Crippen MR) is 41.9 cm³/mol. The van der Waals surface area contributed by atoms with Crippen LogP contribution in [0.3, 0.4) is 0 Å². The molecule has 0 aliphatic carbocycles. The average molecular weight is 175 g/mol. The lowest BCUT2D eigenvalue weighted by Crippen LogP contribution is -2.36. The molecular weight excluding hydrogens is 162 g/mol. The van der Waals surface area contributed by atoms with Crippen LogP contribution in [0.4, 0.5) is 4.79 Å². The summed E-state index contributed by atoms with van der Waals surface area (Å²) in [6.07, 6.45) is 0.494. The monoisotopic (exact) mass is 175 g/mol. The summed E-state index contributed by atoms with van der Waals surface area (Å²) in [5.74, 6) is 0. The molecular formula is C7H13NO4. The Morgan fingerprint density at radius 3 is 2.67 bits per heavy atom. The first-order valence-corrected chi connectivity index (χ1v) is 3.53. The third-order valence-corrected chi connectivity index (χ3v) is 1.29. The number of methoxy groups -OCH3 is 2. The summed E-state index contributed by atoms with van der Waals surface area (Å²) in [5.41, 5.74) is 0. The summed E-state index contributed by atoms with van der Waals surface area (Å²) >= 11 is 0. The molecule has 0 radical (unpaired) electrons. The van der Waals surface area contributed by atoms with E-state index in [4.69, 9.17) is 4.74 Å². The highest BCUT2D eigenvalue weighted by Gasteiger charge is 2.09. The Morgan fingerprint density at radius 1 is 1.58 bits per heavy atom. The number of alkyl carbamates (subject to hydrolysis) is 1. The number of amides is 1. The third kappa shape index (κ3) is 4.68. The summed E-state index contributed by atoms with van der Waals surface area (Å²) in [7, 11) is 2.77. The summed E-state index contributed by atoms with van der Waals surface area (Å²) in [6, 6.07) is -0.530. The van der Waals surface area contributed by atoms with Crippen LogP contribution in [0.2, 0.25) is 0 Å². The van der Waals surface area contributed by atoms with Gasteiger partial charge in [0.25, 0.3) is 0 Å². The van der Waals surface area contributed by atoms with Crippen molar-refractivity contribution in [3.05, 3.63) is 0 Å². The summed E-state index contributed by atoms with van der Waals surface area (Å²) in [6.45, 7) is 0.424. The van der Waals surface area contributed by atoms with Gasteiger partial charge >= 0.3 is 6.09 Å². The summed E-state index contributed by atoms with van der Waals surface area (Å²) in [4.78, 5) is 20.9. The topological polar surface area (TPSA) is 64.6 Å². The van der Waals surface area contributed by atoms with Gasteiger partial charge in [0, 0.05) is 13.7 Å². The fraction of sp³-hybridized carbons (Fsp3) is 0.714. The van der Waals surface area contributed by atoms with E-state index >= 15 is 0 Å². The van der Waals surface area contributed by atoms with Crippen molar-refractivity contribution in [1.82, 2.24) is 5.32 Å². The van der Waals surface area contributed by atoms with Crippen molar-refractivity contribution in [2.75, 3.05) is 20.8 Å². The molecule has 0 saturated heterocycles. The van der Waals surface area contributed by atoms with Crippen LogP contribution < -0.4 is 5.32 Å². The van der Waals surface area contributed by atoms with E-state index in [2.05, 4.69) is 10.1 Å². The molecule has 0 rings (SSSR count). The molecule has 5 nitrogen and oxygen atoms in total. The minimum Gasteiger partial charge on any atom is -0.453 e. The van der Waals surface area contributed by atoms with Crippen LogP contribution in [0.25, 0.3) is 0 Å². The van der Waals surface area contributed by atoms with E-state index in [1.165, 1.54) is 14.2 Å². The van der Waals surface area contributed by atoms with E-state index in [-0.39, 0.29) is 0 Å². The quantitative estimate of drug-likeness (QED) is 0.595. The first-order chi connectivity index (χ1) is 5.74. The van der Waals surface area contributed by atoms with Crippen molar-refractivity contribution in [3.8, 4) is 0 Å². The number of aldehydes is 1. The highest BCUT2D eigenvalue weighted by atomic mass is 16.5. The van der Waals surface area contributed by atoms with Gasteiger partial charge in [-0.3, -0.25) is 0 Å². The number of ether oxygens (including phenoxy) is 2. The second-order valence-corrected chi connectivity index (χ2v) is 2.16. The molecule has 70 valence electrons. The number of hydrogen-bond donors (Lipinski definition) is 1. The molecule has 0 bridgehead atoms. The molecule has 1 amide bonds. The Bertz CT molecular complexity index is 148. The van der Waals surface area contributed by atoms with Crippen LogP contribution in [-0.4, -0.2) is 39.2 Å². The maximum absolute atomic E-state index is 10.6. The zero-order chi connectivity index (χ0) is 9.40. The van der Waals surface area contributed by atoms with Crippen molar-refractivity contribution in [3.63, 3.8) is 0 Å². The minimum absolute atomic E-state index is 0.424. The fourth-order valence-corrected chi connectivity index (χ4v) is 0.629. The van der Waals surface area contributed by atoms with Gasteiger partial charge in [-0.2, -0.15) is 0 Å². The predicted octanol–water partition coefficient (Wildman–Crippen LogP) is -0.0536. The molecule has 5 heteroatoms. The van der Waals surface area contributed by atoms with Crippen molar-refractivity contribution < 1.29 is 19.1 Å². The molecule has 0 aromatic carbocycles. The van der Waals surface area contributed by atoms with E-state index in [0.717, 1.165) is 0 Å². The highest BCUT2D eigenvalue weighted by molar-refractivity contribution is 5.72. The molecule has 0 aromatic rings. The molecule has 0 aliphatic heterocycles. The van der Waals surface area contributed by atoms with Gasteiger partial charge < -0.3 is 19.6 Å². The number of carbonyl (C=O) groups is 2. The molecule has 0 unspecified atom stereocenters. The highest BCUT2D eigenvalue weighted by Crippen LogP contribution is 1.89. The van der Waals surface area contributed by atoms with Crippen molar-refractivity contribution in [1.29, 1.82) is 0 Å². The number of hydrogen-bond acceptors (Lipinski definition) is 4. The van der Waals surface area contributed by atoms with Crippen molar-refractivity contribution in [2.24, 2.45) is 0 Å². The molecule has 0 saturated carbocycles. The van der Waals surface area contributed by atoms with E-state index in [9.17, 15) is 9.59 Å². The van der Waals surface area contributed by atoms with E-state index in [1.54, 1.807) is 0 Å². The van der Waals surface area contributed by atoms with Crippen LogP contribution in [0, 0.1) is 0 Å². The summed E-state index contributed by atoms with van der Waals surface area (Å²) in [5, 5.41) is 2.34. The lowest BCUT2D eigenvalue weighted by molar-refractivity contribution is -0.109. The van der Waals surface area contributed by atoms with Crippen LogP contribution in [0.1, 0.15) is 6.42 Å². The Morgan fingerprint density at radius 2 is 2.25 bits per heavy atom. The van der Waals surface area contributed by atoms with Gasteiger partial charge in [-0.25, -0.2) is 4.79 Å². The molecule has 0 aromatic heterocycles. The Hall–Kier alpha value is -1.10. The van der Waals surface area contributed by atoms with Gasteiger partial charge in [-0.05, 0) is 6.42 Å². The zero-order valence-electron chi connectivity index (χ0n) is 7.20. The van der Waals surface area contributed by atoms with Crippen LogP contribution in [0.5, 0.6) is 0 Å². The maximum Gasteiger partial charge on any atom is 0.407 e. The molecule has 0 fully saturated rings. The first-order valence-electron chi connectivity index (χ1n) is 3.53. The standard InChI is InChI=1S/C7H13NO4/c1-11-4-3-6(5-9)8-7(10)12-2/h5-6H,3-4H2,1-2H3,(H,8,10)/t6-/m0/s1. The van der Waals surface area contributed by atoms with Crippen molar-refractivity contribution >= 4 is 12.4 Å². The van der Waals surface area contributed by atoms with Gasteiger partial charge in [0.1, 0.15) is 6.29 Å².